The first-order chi connectivity index (χ1) is 11.2. The lowest BCUT2D eigenvalue weighted by Crippen LogP contribution is -2.19. The van der Waals surface area contributed by atoms with Gasteiger partial charge in [-0.05, 0) is 18.5 Å². The number of hydrogen-bond donors (Lipinski definition) is 2. The van der Waals surface area contributed by atoms with Crippen LogP contribution in [0.3, 0.4) is 0 Å². The van der Waals surface area contributed by atoms with Crippen molar-refractivity contribution in [1.29, 1.82) is 0 Å². The van der Waals surface area contributed by atoms with Crippen molar-refractivity contribution in [3.63, 3.8) is 0 Å². The summed E-state index contributed by atoms with van der Waals surface area (Å²) in [7, 11) is 0. The molecule has 10 nitrogen and oxygen atoms in total. The second kappa shape index (κ2) is 16.9. The van der Waals surface area contributed by atoms with Gasteiger partial charge in [0.05, 0.1) is 58.9 Å². The molecular weight excluding hydrogens is 306 g/mol. The molecule has 0 aliphatic carbocycles. The van der Waals surface area contributed by atoms with Crippen molar-refractivity contribution in [3.8, 4) is 0 Å². The fourth-order valence-corrected chi connectivity index (χ4v) is 1.49. The van der Waals surface area contributed by atoms with Gasteiger partial charge in [0, 0.05) is 11.3 Å². The van der Waals surface area contributed by atoms with Gasteiger partial charge in [-0.3, -0.25) is 4.79 Å². The number of azide groups is 1. The zero-order valence-electron chi connectivity index (χ0n) is 13.4. The first-order valence-corrected chi connectivity index (χ1v) is 7.54. The number of hydrogen-bond acceptors (Lipinski definition) is 7. The van der Waals surface area contributed by atoms with Gasteiger partial charge in [0.2, 0.25) is 5.91 Å². The van der Waals surface area contributed by atoms with Crippen molar-refractivity contribution in [1.82, 2.24) is 0 Å². The average molecular weight is 333 g/mol. The van der Waals surface area contributed by atoms with Gasteiger partial charge >= 0.3 is 0 Å². The Morgan fingerprint density at radius 3 is 2.00 bits per heavy atom. The topological polar surface area (TPSA) is 155 Å². The summed E-state index contributed by atoms with van der Waals surface area (Å²) in [6.07, 6.45) is 0.815. The second-order valence-electron chi connectivity index (χ2n) is 4.56. The van der Waals surface area contributed by atoms with Gasteiger partial charge in [0.15, 0.2) is 0 Å². The van der Waals surface area contributed by atoms with Crippen LogP contribution in [0.4, 0.5) is 0 Å². The molecule has 0 fully saturated rings. The molecule has 0 rings (SSSR count). The molecule has 0 spiro atoms. The molecular formula is C13H27N5O5. The normalized spacial score (nSPS) is 11.9. The highest BCUT2D eigenvalue weighted by atomic mass is 16.6. The number of carbonyl (C=O) groups excluding carboxylic acids is 1. The van der Waals surface area contributed by atoms with Gasteiger partial charge in [0.1, 0.15) is 0 Å². The highest BCUT2D eigenvalue weighted by Gasteiger charge is 2.04. The molecule has 0 aliphatic rings. The Hall–Kier alpha value is -1.42. The molecule has 1 unspecified atom stereocenters. The molecule has 0 heterocycles. The summed E-state index contributed by atoms with van der Waals surface area (Å²) < 4.78 is 21.1. The summed E-state index contributed by atoms with van der Waals surface area (Å²) in [5.74, 6) is -0.379. The highest BCUT2D eigenvalue weighted by molar-refractivity contribution is 5.73. The van der Waals surface area contributed by atoms with Crippen LogP contribution in [-0.2, 0) is 23.7 Å². The maximum Gasteiger partial charge on any atom is 0.219 e. The van der Waals surface area contributed by atoms with E-state index < -0.39 is 0 Å². The number of carbonyl (C=O) groups is 1. The minimum absolute atomic E-state index is 0.217. The lowest BCUT2D eigenvalue weighted by Gasteiger charge is -2.10. The van der Waals surface area contributed by atoms with E-state index in [1.165, 1.54) is 0 Å². The van der Waals surface area contributed by atoms with Gasteiger partial charge in [-0.25, -0.2) is 0 Å². The van der Waals surface area contributed by atoms with Crippen LogP contribution in [-0.4, -0.2) is 71.3 Å². The summed E-state index contributed by atoms with van der Waals surface area (Å²) in [5.41, 5.74) is 18.7. The molecule has 0 aromatic carbocycles. The van der Waals surface area contributed by atoms with E-state index in [1.54, 1.807) is 0 Å². The van der Waals surface area contributed by atoms with E-state index in [0.29, 0.717) is 65.8 Å². The molecule has 4 N–H and O–H groups in total. The Bertz CT molecular complexity index is 339. The lowest BCUT2D eigenvalue weighted by atomic mass is 10.2. The molecule has 0 aliphatic heterocycles. The van der Waals surface area contributed by atoms with Crippen LogP contribution < -0.4 is 11.5 Å². The van der Waals surface area contributed by atoms with Crippen LogP contribution >= 0.6 is 0 Å². The van der Waals surface area contributed by atoms with Crippen molar-refractivity contribution in [2.45, 2.75) is 18.9 Å². The minimum Gasteiger partial charge on any atom is -0.379 e. The third-order valence-corrected chi connectivity index (χ3v) is 2.63. The predicted octanol–water partition coefficient (Wildman–Crippen LogP) is -0.0441. The SMILES string of the molecule is [N-]=[N+]=NC(CCN)COCCOCCOCCOCCC(N)=O. The summed E-state index contributed by atoms with van der Waals surface area (Å²) in [6.45, 7) is 3.71. The maximum atomic E-state index is 10.4. The van der Waals surface area contributed by atoms with Crippen molar-refractivity contribution in [2.75, 3.05) is 59.4 Å². The smallest absolute Gasteiger partial charge is 0.219 e. The molecule has 10 heteroatoms. The average Bonchev–Trinajstić information content (AvgIpc) is 2.52. The van der Waals surface area contributed by atoms with E-state index in [9.17, 15) is 4.79 Å². The van der Waals surface area contributed by atoms with E-state index in [1.807, 2.05) is 0 Å². The molecule has 0 aromatic rings. The minimum atomic E-state index is -0.379. The quantitative estimate of drug-likeness (QED) is 0.165. The first kappa shape index (κ1) is 21.6. The van der Waals surface area contributed by atoms with Gasteiger partial charge in [-0.15, -0.1) is 0 Å². The number of amides is 1. The molecule has 134 valence electrons. The number of ether oxygens (including phenoxy) is 4. The second-order valence-corrected chi connectivity index (χ2v) is 4.56. The molecule has 0 saturated carbocycles. The van der Waals surface area contributed by atoms with Crippen LogP contribution in [0.2, 0.25) is 0 Å². The Morgan fingerprint density at radius 2 is 1.52 bits per heavy atom. The maximum absolute atomic E-state index is 10.4. The van der Waals surface area contributed by atoms with E-state index in [4.69, 9.17) is 35.9 Å². The Kier molecular flexibility index (Phi) is 15.9. The lowest BCUT2D eigenvalue weighted by molar-refractivity contribution is -0.119. The van der Waals surface area contributed by atoms with Crippen LogP contribution in [0.25, 0.3) is 10.4 Å². The molecule has 0 saturated heterocycles. The monoisotopic (exact) mass is 333 g/mol. The summed E-state index contributed by atoms with van der Waals surface area (Å²) >= 11 is 0. The Labute approximate surface area is 136 Å². The molecule has 1 amide bonds. The summed E-state index contributed by atoms with van der Waals surface area (Å²) in [4.78, 5) is 13.2. The van der Waals surface area contributed by atoms with Crippen molar-refractivity contribution >= 4 is 5.91 Å². The van der Waals surface area contributed by atoms with Crippen molar-refractivity contribution < 1.29 is 23.7 Å². The van der Waals surface area contributed by atoms with Gasteiger partial charge in [-0.2, -0.15) is 0 Å². The molecule has 0 bridgehead atoms. The summed E-state index contributed by atoms with van der Waals surface area (Å²) in [5, 5.41) is 3.59. The zero-order valence-corrected chi connectivity index (χ0v) is 13.4. The van der Waals surface area contributed by atoms with Crippen molar-refractivity contribution in [3.05, 3.63) is 10.4 Å². The Balaban J connectivity index is 3.24. The van der Waals surface area contributed by atoms with Gasteiger partial charge < -0.3 is 30.4 Å². The van der Waals surface area contributed by atoms with E-state index >= 15 is 0 Å². The van der Waals surface area contributed by atoms with Crippen molar-refractivity contribution in [2.24, 2.45) is 16.6 Å². The third-order valence-electron chi connectivity index (χ3n) is 2.63. The van der Waals surface area contributed by atoms with E-state index in [2.05, 4.69) is 10.0 Å². The third kappa shape index (κ3) is 16.8. The zero-order chi connectivity index (χ0) is 17.2. The van der Waals surface area contributed by atoms with Gasteiger partial charge in [0.25, 0.3) is 0 Å². The van der Waals surface area contributed by atoms with Gasteiger partial charge in [-0.1, -0.05) is 5.11 Å². The largest absolute Gasteiger partial charge is 0.379 e. The van der Waals surface area contributed by atoms with Crippen LogP contribution in [0, 0.1) is 0 Å². The van der Waals surface area contributed by atoms with E-state index in [0.717, 1.165) is 0 Å². The predicted molar refractivity (Wildman–Crippen MR) is 83.7 cm³/mol. The Morgan fingerprint density at radius 1 is 1.00 bits per heavy atom. The fraction of sp³-hybridized carbons (Fsp3) is 0.923. The van der Waals surface area contributed by atoms with Crippen LogP contribution in [0.5, 0.6) is 0 Å². The number of nitrogens with zero attached hydrogens (tertiary/aromatic N) is 3. The molecule has 0 radical (unpaired) electrons. The molecule has 1 atom stereocenters. The number of nitrogens with two attached hydrogens (primary N) is 2. The number of rotatable bonds is 17. The number of primary amides is 1. The van der Waals surface area contributed by atoms with E-state index in [-0.39, 0.29) is 18.4 Å². The fourth-order valence-electron chi connectivity index (χ4n) is 1.49. The standard InChI is InChI=1S/C13H27N5O5/c14-3-1-12(17-18-16)11-23-10-9-22-8-7-21-6-5-20-4-2-13(15)19/h12H,1-11,14H2,(H2,15,19). The summed E-state index contributed by atoms with van der Waals surface area (Å²) in [6, 6.07) is -0.233. The first-order valence-electron chi connectivity index (χ1n) is 7.54. The molecule has 0 aromatic heterocycles. The highest BCUT2D eigenvalue weighted by Crippen LogP contribution is 1.98. The molecule has 23 heavy (non-hydrogen) atoms. The van der Waals surface area contributed by atoms with Crippen LogP contribution in [0.1, 0.15) is 12.8 Å². The van der Waals surface area contributed by atoms with Crippen LogP contribution in [0.15, 0.2) is 5.11 Å².